The quantitative estimate of drug-likeness (QED) is 0.202. The number of aromatic hydroxyl groups is 1. The summed E-state index contributed by atoms with van der Waals surface area (Å²) in [4.78, 5) is 52.8. The number of carbonyl (C=O) groups excluding carboxylic acids is 4. The van der Waals surface area contributed by atoms with Gasteiger partial charge in [0.05, 0.1) is 5.56 Å². The smallest absolute Gasteiger partial charge is 0.209 e. The highest BCUT2D eigenvalue weighted by atomic mass is 16.3. The van der Waals surface area contributed by atoms with Crippen LogP contribution in [0.25, 0.3) is 0 Å². The van der Waals surface area contributed by atoms with Crippen LogP contribution in [0.2, 0.25) is 0 Å². The van der Waals surface area contributed by atoms with Crippen LogP contribution in [0.1, 0.15) is 111 Å². The van der Waals surface area contributed by atoms with Crippen molar-refractivity contribution in [2.24, 2.45) is 22.7 Å². The maximum Gasteiger partial charge on any atom is 0.209 e. The van der Waals surface area contributed by atoms with Crippen molar-refractivity contribution < 1.29 is 39.6 Å². The summed E-state index contributed by atoms with van der Waals surface area (Å²) in [6, 6.07) is 9.18. The lowest BCUT2D eigenvalue weighted by Crippen LogP contribution is -2.67. The molecule has 0 radical (unpaired) electrons. The number of phenolic OH excluding ortho intramolecular Hbond substituents is 1. The number of aliphatic hydroxyl groups excluding tert-OH is 2. The van der Waals surface area contributed by atoms with Crippen LogP contribution in [-0.2, 0) is 28.9 Å². The van der Waals surface area contributed by atoms with E-state index >= 15 is 0 Å². The van der Waals surface area contributed by atoms with Crippen LogP contribution < -0.4 is 0 Å². The number of carbonyl (C=O) groups is 4. The number of hydrogen-bond donors (Lipinski definition) is 4. The molecule has 8 nitrogen and oxygen atoms in total. The Labute approximate surface area is 269 Å². The van der Waals surface area contributed by atoms with Crippen molar-refractivity contribution in [3.63, 3.8) is 0 Å². The SMILES string of the molecule is CC(=O)C1=C(O)C(C(C)C)[C@@]2(C)C[C@@]3(C)Cc4c(C(C)C)cc(CCc5ccc(C(C)=O)cc5)c(O)c4C(=O)C3=C(O)[C@@]2(O)C1=O. The number of allylic oxidation sites excluding steroid dienone is 2. The van der Waals surface area contributed by atoms with E-state index < -0.39 is 56.8 Å². The number of hydrogen-bond acceptors (Lipinski definition) is 8. The van der Waals surface area contributed by atoms with Gasteiger partial charge in [0.1, 0.15) is 22.8 Å². The molecule has 8 heteroatoms. The molecule has 4 N–H and O–H groups in total. The molecule has 46 heavy (non-hydrogen) atoms. The van der Waals surface area contributed by atoms with Gasteiger partial charge in [-0.15, -0.1) is 0 Å². The second-order valence-electron chi connectivity index (χ2n) is 14.7. The zero-order valence-electron chi connectivity index (χ0n) is 27.9. The third-order valence-electron chi connectivity index (χ3n) is 10.8. The fourth-order valence-electron chi connectivity index (χ4n) is 8.78. The Morgan fingerprint density at radius 1 is 0.935 bits per heavy atom. The largest absolute Gasteiger partial charge is 0.511 e. The zero-order valence-corrected chi connectivity index (χ0v) is 27.9. The first kappa shape index (κ1) is 33.3. The van der Waals surface area contributed by atoms with Crippen molar-refractivity contribution in [3.05, 3.63) is 86.4 Å². The number of ketones is 4. The normalized spacial score (nSPS) is 27.6. The second-order valence-corrected chi connectivity index (χ2v) is 14.7. The first-order valence-corrected chi connectivity index (χ1v) is 16.0. The van der Waals surface area contributed by atoms with Crippen molar-refractivity contribution in [2.45, 2.75) is 92.6 Å². The average Bonchev–Trinajstić information content (AvgIpc) is 2.94. The Balaban J connectivity index is 1.68. The molecule has 5 rings (SSSR count). The first-order valence-electron chi connectivity index (χ1n) is 16.0. The lowest BCUT2D eigenvalue weighted by atomic mass is 9.44. The molecule has 0 aromatic heterocycles. The van der Waals surface area contributed by atoms with Crippen LogP contribution in [0.3, 0.4) is 0 Å². The summed E-state index contributed by atoms with van der Waals surface area (Å²) >= 11 is 0. The number of benzene rings is 2. The van der Waals surface area contributed by atoms with E-state index in [9.17, 15) is 39.6 Å². The lowest BCUT2D eigenvalue weighted by molar-refractivity contribution is -0.171. The molecule has 0 heterocycles. The van der Waals surface area contributed by atoms with Crippen LogP contribution >= 0.6 is 0 Å². The van der Waals surface area contributed by atoms with Gasteiger partial charge in [-0.2, -0.15) is 0 Å². The summed E-state index contributed by atoms with van der Waals surface area (Å²) < 4.78 is 0. The average molecular weight is 629 g/mol. The Bertz CT molecular complexity index is 1760. The molecule has 1 unspecified atom stereocenters. The molecular weight excluding hydrogens is 584 g/mol. The Kier molecular flexibility index (Phi) is 8.00. The maximum atomic E-state index is 14.6. The van der Waals surface area contributed by atoms with E-state index in [1.807, 2.05) is 52.8 Å². The van der Waals surface area contributed by atoms with Gasteiger partial charge in [0.25, 0.3) is 0 Å². The molecule has 244 valence electrons. The highest BCUT2D eigenvalue weighted by molar-refractivity contribution is 6.25. The molecule has 2 aromatic carbocycles. The summed E-state index contributed by atoms with van der Waals surface area (Å²) in [5.74, 6) is -5.20. The van der Waals surface area contributed by atoms with Gasteiger partial charge in [-0.3, -0.25) is 19.2 Å². The van der Waals surface area contributed by atoms with Crippen molar-refractivity contribution in [1.29, 1.82) is 0 Å². The Morgan fingerprint density at radius 2 is 1.54 bits per heavy atom. The number of aliphatic hydroxyl groups is 3. The van der Waals surface area contributed by atoms with E-state index in [-0.39, 0.29) is 47.3 Å². The van der Waals surface area contributed by atoms with Gasteiger partial charge in [-0.25, -0.2) is 0 Å². The maximum absolute atomic E-state index is 14.6. The van der Waals surface area contributed by atoms with Gasteiger partial charge < -0.3 is 20.4 Å². The van der Waals surface area contributed by atoms with Crippen LogP contribution in [-0.4, -0.2) is 49.2 Å². The lowest BCUT2D eigenvalue weighted by Gasteiger charge is -2.59. The van der Waals surface area contributed by atoms with Crippen molar-refractivity contribution in [1.82, 2.24) is 0 Å². The molecule has 3 aliphatic carbocycles. The molecule has 2 aromatic rings. The molecule has 0 amide bonds. The Morgan fingerprint density at radius 3 is 2.07 bits per heavy atom. The molecule has 0 spiro atoms. The van der Waals surface area contributed by atoms with Crippen LogP contribution in [0, 0.1) is 22.7 Å². The highest BCUT2D eigenvalue weighted by Crippen LogP contribution is 2.65. The number of Topliss-reactive ketones (excluding diaryl/α,β-unsaturated/α-hetero) is 4. The molecular formula is C38H44O8. The molecule has 4 atom stereocenters. The van der Waals surface area contributed by atoms with E-state index in [0.29, 0.717) is 29.5 Å². The molecule has 0 saturated carbocycles. The summed E-state index contributed by atoms with van der Waals surface area (Å²) in [5.41, 5.74) is -2.18. The Hall–Kier alpha value is -4.04. The fraction of sp³-hybridized carbons (Fsp3) is 0.474. The van der Waals surface area contributed by atoms with Crippen LogP contribution in [0.5, 0.6) is 5.75 Å². The highest BCUT2D eigenvalue weighted by Gasteiger charge is 2.71. The molecule has 0 fully saturated rings. The standard InChI is InChI=1S/C38H44O8/c1-18(2)25-15-24(14-11-22-9-12-23(13-10-22)20(5)39)31(41)28-26(25)16-36(7)17-37(8)29(19(3)4)32(42)27(21(6)40)34(44)38(37,46)35(45)30(36)33(28)43/h9-10,12-13,15,18-19,29,41-42,45-46H,11,14,16-17H2,1-8H3/t29?,36-,37-,38+/m1/s1. The van der Waals surface area contributed by atoms with E-state index in [0.717, 1.165) is 18.1 Å². The number of fused-ring (bicyclic) bond motifs is 3. The minimum Gasteiger partial charge on any atom is -0.511 e. The first-order chi connectivity index (χ1) is 21.3. The third kappa shape index (κ3) is 4.59. The topological polar surface area (TPSA) is 149 Å². The summed E-state index contributed by atoms with van der Waals surface area (Å²) in [6.45, 7) is 13.7. The van der Waals surface area contributed by atoms with Gasteiger partial charge >= 0.3 is 0 Å². The molecule has 0 aliphatic heterocycles. The minimum atomic E-state index is -2.64. The van der Waals surface area contributed by atoms with Gasteiger partial charge in [0.15, 0.2) is 23.0 Å². The second kappa shape index (κ2) is 11.0. The predicted molar refractivity (Wildman–Crippen MR) is 173 cm³/mol. The van der Waals surface area contributed by atoms with Crippen LogP contribution in [0.15, 0.2) is 53.0 Å². The van der Waals surface area contributed by atoms with E-state index in [2.05, 4.69) is 0 Å². The van der Waals surface area contributed by atoms with Crippen molar-refractivity contribution in [2.75, 3.05) is 0 Å². The number of rotatable bonds is 7. The molecule has 0 saturated heterocycles. The van der Waals surface area contributed by atoms with Crippen molar-refractivity contribution >= 4 is 23.1 Å². The number of aryl methyl sites for hydroxylation is 2. The van der Waals surface area contributed by atoms with Crippen molar-refractivity contribution in [3.8, 4) is 5.75 Å². The van der Waals surface area contributed by atoms with Crippen LogP contribution in [0.4, 0.5) is 0 Å². The summed E-state index contributed by atoms with van der Waals surface area (Å²) in [6.07, 6.45) is 1.24. The molecule has 3 aliphatic rings. The monoisotopic (exact) mass is 628 g/mol. The van der Waals surface area contributed by atoms with Gasteiger partial charge in [-0.05, 0) is 73.6 Å². The van der Waals surface area contributed by atoms with Gasteiger partial charge in [0, 0.05) is 27.9 Å². The summed E-state index contributed by atoms with van der Waals surface area (Å²) in [7, 11) is 0. The predicted octanol–water partition coefficient (Wildman–Crippen LogP) is 6.46. The summed E-state index contributed by atoms with van der Waals surface area (Å²) in [5, 5.41) is 47.2. The third-order valence-corrected chi connectivity index (χ3v) is 10.8. The van der Waals surface area contributed by atoms with Gasteiger partial charge in [-0.1, -0.05) is 71.9 Å². The van der Waals surface area contributed by atoms with Gasteiger partial charge in [0.2, 0.25) is 5.78 Å². The zero-order chi connectivity index (χ0) is 34.3. The molecule has 0 bridgehead atoms. The van der Waals surface area contributed by atoms with E-state index in [1.165, 1.54) is 6.92 Å². The van der Waals surface area contributed by atoms with E-state index in [1.54, 1.807) is 19.1 Å². The van der Waals surface area contributed by atoms with E-state index in [4.69, 9.17) is 0 Å². The fourth-order valence-corrected chi connectivity index (χ4v) is 8.78. The minimum absolute atomic E-state index is 0.0145. The number of phenols is 1.